The van der Waals surface area contributed by atoms with Crippen LogP contribution < -0.4 is 0 Å². The summed E-state index contributed by atoms with van der Waals surface area (Å²) in [4.78, 5) is 0. The van der Waals surface area contributed by atoms with Gasteiger partial charge in [-0.05, 0) is 62.2 Å². The van der Waals surface area contributed by atoms with E-state index in [4.69, 9.17) is 0 Å². The van der Waals surface area contributed by atoms with E-state index in [1.165, 1.54) is 96.3 Å². The lowest BCUT2D eigenvalue weighted by Gasteiger charge is -2.10. The summed E-state index contributed by atoms with van der Waals surface area (Å²) in [7, 11) is 0. The molecule has 0 saturated carbocycles. The molecule has 0 aromatic rings. The van der Waals surface area contributed by atoms with E-state index >= 15 is 0 Å². The molecule has 0 heteroatoms. The van der Waals surface area contributed by atoms with E-state index in [1.54, 1.807) is 22.3 Å². The van der Waals surface area contributed by atoms with Crippen molar-refractivity contribution >= 4 is 0 Å². The SMILES string of the molecule is CCCCCCC1=C/C(=C(/C)CCCCCC)C(CCCCCC)=C1. The lowest BCUT2D eigenvalue weighted by atomic mass is 9.95. The molecule has 0 amide bonds. The van der Waals surface area contributed by atoms with E-state index in [0.717, 1.165) is 0 Å². The van der Waals surface area contributed by atoms with Crippen molar-refractivity contribution in [3.05, 3.63) is 34.4 Å². The highest BCUT2D eigenvalue weighted by Gasteiger charge is 2.14. The zero-order valence-electron chi connectivity index (χ0n) is 17.8. The number of hydrogen-bond acceptors (Lipinski definition) is 0. The van der Waals surface area contributed by atoms with Gasteiger partial charge in [0.1, 0.15) is 0 Å². The molecule has 0 heterocycles. The third-order valence-electron chi connectivity index (χ3n) is 5.52. The second kappa shape index (κ2) is 14.4. The smallest absolute Gasteiger partial charge is 0.0232 e. The van der Waals surface area contributed by atoms with E-state index in [-0.39, 0.29) is 0 Å². The molecule has 0 aliphatic heterocycles. The van der Waals surface area contributed by atoms with Gasteiger partial charge < -0.3 is 0 Å². The van der Waals surface area contributed by atoms with Crippen molar-refractivity contribution in [1.29, 1.82) is 0 Å². The lowest BCUT2D eigenvalue weighted by Crippen LogP contribution is -1.91. The molecule has 0 bridgehead atoms. The Hall–Kier alpha value is -0.780. The van der Waals surface area contributed by atoms with Gasteiger partial charge in [-0.2, -0.15) is 0 Å². The molecule has 0 radical (unpaired) electrons. The van der Waals surface area contributed by atoms with Crippen LogP contribution >= 0.6 is 0 Å². The molecule has 0 saturated heterocycles. The average molecular weight is 345 g/mol. The molecule has 0 N–H and O–H groups in total. The Balaban J connectivity index is 2.63. The van der Waals surface area contributed by atoms with E-state index in [0.29, 0.717) is 0 Å². The van der Waals surface area contributed by atoms with Gasteiger partial charge in [0, 0.05) is 0 Å². The van der Waals surface area contributed by atoms with Crippen LogP contribution in [0.4, 0.5) is 0 Å². The Morgan fingerprint density at radius 3 is 1.80 bits per heavy atom. The van der Waals surface area contributed by atoms with E-state index in [2.05, 4.69) is 39.8 Å². The van der Waals surface area contributed by atoms with Gasteiger partial charge in [0.15, 0.2) is 0 Å². The third kappa shape index (κ3) is 9.47. The van der Waals surface area contributed by atoms with Crippen LogP contribution in [0.3, 0.4) is 0 Å². The average Bonchev–Trinajstić information content (AvgIpc) is 3.02. The fraction of sp³-hybridized carbons (Fsp3) is 0.760. The van der Waals surface area contributed by atoms with Gasteiger partial charge in [-0.25, -0.2) is 0 Å². The first-order chi connectivity index (χ1) is 12.2. The van der Waals surface area contributed by atoms with E-state index in [1.807, 2.05) is 0 Å². The van der Waals surface area contributed by atoms with E-state index in [9.17, 15) is 0 Å². The molecule has 25 heavy (non-hydrogen) atoms. The summed E-state index contributed by atoms with van der Waals surface area (Å²) in [5.41, 5.74) is 6.50. The fourth-order valence-electron chi connectivity index (χ4n) is 3.82. The van der Waals surface area contributed by atoms with Gasteiger partial charge in [0.25, 0.3) is 0 Å². The number of unbranched alkanes of at least 4 members (excludes halogenated alkanes) is 9. The molecule has 0 aromatic heterocycles. The standard InChI is InChI=1S/C25H44/c1-5-8-11-14-17-22(4)25-21-23(18-15-12-9-6-2)20-24(25)19-16-13-10-7-3/h20-21H,5-19H2,1-4H3/b25-22+. The zero-order chi connectivity index (χ0) is 18.3. The minimum Gasteiger partial charge on any atom is -0.0658 e. The molecule has 1 aliphatic carbocycles. The number of rotatable bonds is 15. The van der Waals surface area contributed by atoms with Crippen molar-refractivity contribution in [2.75, 3.05) is 0 Å². The van der Waals surface area contributed by atoms with Crippen LogP contribution in [0.2, 0.25) is 0 Å². The molecule has 0 fully saturated rings. The highest BCUT2D eigenvalue weighted by Crippen LogP contribution is 2.34. The van der Waals surface area contributed by atoms with Crippen LogP contribution in [-0.2, 0) is 0 Å². The molecule has 1 rings (SSSR count). The molecule has 144 valence electrons. The second-order valence-electron chi connectivity index (χ2n) is 8.01. The summed E-state index contributed by atoms with van der Waals surface area (Å²) in [6.07, 6.45) is 25.4. The summed E-state index contributed by atoms with van der Waals surface area (Å²) >= 11 is 0. The van der Waals surface area contributed by atoms with Crippen molar-refractivity contribution in [1.82, 2.24) is 0 Å². The van der Waals surface area contributed by atoms with Crippen LogP contribution in [0.1, 0.15) is 124 Å². The highest BCUT2D eigenvalue weighted by molar-refractivity contribution is 5.54. The van der Waals surface area contributed by atoms with Crippen molar-refractivity contribution in [2.45, 2.75) is 124 Å². The molecule has 0 nitrogen and oxygen atoms in total. The Labute approximate surface area is 158 Å². The predicted molar refractivity (Wildman–Crippen MR) is 115 cm³/mol. The first-order valence-electron chi connectivity index (χ1n) is 11.3. The van der Waals surface area contributed by atoms with Crippen LogP contribution in [-0.4, -0.2) is 0 Å². The van der Waals surface area contributed by atoms with Gasteiger partial charge in [-0.15, -0.1) is 0 Å². The Morgan fingerprint density at radius 2 is 1.20 bits per heavy atom. The van der Waals surface area contributed by atoms with Crippen molar-refractivity contribution in [3.63, 3.8) is 0 Å². The van der Waals surface area contributed by atoms with E-state index < -0.39 is 0 Å². The monoisotopic (exact) mass is 344 g/mol. The van der Waals surface area contributed by atoms with Crippen molar-refractivity contribution in [2.24, 2.45) is 0 Å². The number of allylic oxidation sites excluding steroid dienone is 6. The summed E-state index contributed by atoms with van der Waals surface area (Å²) < 4.78 is 0. The summed E-state index contributed by atoms with van der Waals surface area (Å²) in [5, 5.41) is 0. The second-order valence-corrected chi connectivity index (χ2v) is 8.01. The topological polar surface area (TPSA) is 0 Å². The zero-order valence-corrected chi connectivity index (χ0v) is 17.8. The van der Waals surface area contributed by atoms with Crippen LogP contribution in [0.25, 0.3) is 0 Å². The van der Waals surface area contributed by atoms with Gasteiger partial charge >= 0.3 is 0 Å². The minimum atomic E-state index is 1.28. The van der Waals surface area contributed by atoms with Crippen LogP contribution in [0.5, 0.6) is 0 Å². The summed E-state index contributed by atoms with van der Waals surface area (Å²) in [6.45, 7) is 9.28. The maximum Gasteiger partial charge on any atom is -0.0232 e. The molecule has 0 unspecified atom stereocenters. The molecule has 0 atom stereocenters. The van der Waals surface area contributed by atoms with Gasteiger partial charge in [0.05, 0.1) is 0 Å². The quantitative estimate of drug-likeness (QED) is 0.260. The summed E-state index contributed by atoms with van der Waals surface area (Å²) in [5.74, 6) is 0. The maximum absolute atomic E-state index is 2.54. The minimum absolute atomic E-state index is 1.28. The highest BCUT2D eigenvalue weighted by atomic mass is 14.2. The van der Waals surface area contributed by atoms with Crippen molar-refractivity contribution in [3.8, 4) is 0 Å². The van der Waals surface area contributed by atoms with Gasteiger partial charge in [0.2, 0.25) is 0 Å². The first-order valence-corrected chi connectivity index (χ1v) is 11.3. The fourth-order valence-corrected chi connectivity index (χ4v) is 3.82. The normalized spacial score (nSPS) is 16.2. The van der Waals surface area contributed by atoms with Crippen LogP contribution in [0.15, 0.2) is 34.4 Å². The lowest BCUT2D eigenvalue weighted by molar-refractivity contribution is 0.658. The molecule has 0 spiro atoms. The Morgan fingerprint density at radius 1 is 0.640 bits per heavy atom. The molecule has 0 aromatic carbocycles. The van der Waals surface area contributed by atoms with Gasteiger partial charge in [-0.1, -0.05) is 96.3 Å². The predicted octanol–water partition coefficient (Wildman–Crippen LogP) is 9.08. The Kier molecular flexibility index (Phi) is 12.8. The molecular weight excluding hydrogens is 300 g/mol. The number of hydrogen-bond donors (Lipinski definition) is 0. The summed E-state index contributed by atoms with van der Waals surface area (Å²) in [6, 6.07) is 0. The largest absolute Gasteiger partial charge is 0.0658 e. The first kappa shape index (κ1) is 22.3. The third-order valence-corrected chi connectivity index (χ3v) is 5.52. The van der Waals surface area contributed by atoms with Gasteiger partial charge in [-0.3, -0.25) is 0 Å². The molecular formula is C25H44. The van der Waals surface area contributed by atoms with Crippen molar-refractivity contribution < 1.29 is 0 Å². The molecule has 1 aliphatic rings. The maximum atomic E-state index is 2.54. The van der Waals surface area contributed by atoms with Crippen LogP contribution in [0, 0.1) is 0 Å². The Bertz CT molecular complexity index is 433.